The van der Waals surface area contributed by atoms with E-state index in [1.807, 2.05) is 0 Å². The van der Waals surface area contributed by atoms with Gasteiger partial charge in [0.15, 0.2) is 0 Å². The SMILES string of the molecule is CNC(=O)c1ccc(N)c(OCC2CC2)c1. The summed E-state index contributed by atoms with van der Waals surface area (Å²) in [5.41, 5.74) is 6.93. The average molecular weight is 220 g/mol. The average Bonchev–Trinajstić information content (AvgIpc) is 3.11. The van der Waals surface area contributed by atoms with Crippen LogP contribution in [0.2, 0.25) is 0 Å². The number of benzene rings is 1. The third kappa shape index (κ3) is 2.45. The van der Waals surface area contributed by atoms with Crippen molar-refractivity contribution in [2.24, 2.45) is 5.92 Å². The Bertz CT molecular complexity index is 400. The third-order valence-electron chi connectivity index (χ3n) is 2.67. The minimum Gasteiger partial charge on any atom is -0.491 e. The Kier molecular flexibility index (Phi) is 2.99. The Labute approximate surface area is 94.8 Å². The summed E-state index contributed by atoms with van der Waals surface area (Å²) < 4.78 is 5.59. The van der Waals surface area contributed by atoms with Gasteiger partial charge in [-0.05, 0) is 37.0 Å². The van der Waals surface area contributed by atoms with Crippen LogP contribution in [0, 0.1) is 5.92 Å². The first-order valence-electron chi connectivity index (χ1n) is 5.45. The Morgan fingerprint density at radius 1 is 1.56 bits per heavy atom. The fraction of sp³-hybridized carbons (Fsp3) is 0.417. The number of nitrogens with one attached hydrogen (secondary N) is 1. The molecule has 1 amide bonds. The first kappa shape index (κ1) is 10.8. The van der Waals surface area contributed by atoms with E-state index in [-0.39, 0.29) is 5.91 Å². The molecule has 1 aromatic rings. The van der Waals surface area contributed by atoms with Crippen LogP contribution in [-0.2, 0) is 0 Å². The number of carbonyl (C=O) groups excluding carboxylic acids is 1. The van der Waals surface area contributed by atoms with Gasteiger partial charge in [-0.1, -0.05) is 0 Å². The summed E-state index contributed by atoms with van der Waals surface area (Å²) >= 11 is 0. The number of anilines is 1. The Hall–Kier alpha value is -1.71. The number of nitrogen functional groups attached to an aromatic ring is 1. The van der Waals surface area contributed by atoms with Crippen molar-refractivity contribution in [3.8, 4) is 5.75 Å². The van der Waals surface area contributed by atoms with E-state index in [4.69, 9.17) is 10.5 Å². The molecule has 0 unspecified atom stereocenters. The number of rotatable bonds is 4. The lowest BCUT2D eigenvalue weighted by Crippen LogP contribution is -2.18. The highest BCUT2D eigenvalue weighted by atomic mass is 16.5. The van der Waals surface area contributed by atoms with E-state index < -0.39 is 0 Å². The molecule has 0 atom stereocenters. The zero-order valence-electron chi connectivity index (χ0n) is 9.32. The summed E-state index contributed by atoms with van der Waals surface area (Å²) in [4.78, 5) is 11.4. The highest BCUT2D eigenvalue weighted by molar-refractivity contribution is 5.95. The van der Waals surface area contributed by atoms with Gasteiger partial charge in [0.1, 0.15) is 5.75 Å². The first-order chi connectivity index (χ1) is 7.70. The molecular weight excluding hydrogens is 204 g/mol. The third-order valence-corrected chi connectivity index (χ3v) is 2.67. The number of ether oxygens (including phenoxy) is 1. The number of hydrogen-bond donors (Lipinski definition) is 2. The molecule has 0 bridgehead atoms. The van der Waals surface area contributed by atoms with Crippen LogP contribution in [0.1, 0.15) is 23.2 Å². The number of amides is 1. The van der Waals surface area contributed by atoms with Crippen molar-refractivity contribution in [3.63, 3.8) is 0 Å². The van der Waals surface area contributed by atoms with Crippen LogP contribution in [0.15, 0.2) is 18.2 Å². The van der Waals surface area contributed by atoms with Crippen molar-refractivity contribution in [2.75, 3.05) is 19.4 Å². The zero-order valence-corrected chi connectivity index (χ0v) is 9.32. The monoisotopic (exact) mass is 220 g/mol. The van der Waals surface area contributed by atoms with Crippen LogP contribution in [0.5, 0.6) is 5.75 Å². The molecule has 1 fully saturated rings. The molecular formula is C12H16N2O2. The molecule has 4 nitrogen and oxygen atoms in total. The van der Waals surface area contributed by atoms with Crippen LogP contribution in [0.3, 0.4) is 0 Å². The second-order valence-corrected chi connectivity index (χ2v) is 4.09. The summed E-state index contributed by atoms with van der Waals surface area (Å²) in [6.07, 6.45) is 2.46. The van der Waals surface area contributed by atoms with E-state index in [0.717, 1.165) is 0 Å². The van der Waals surface area contributed by atoms with E-state index in [0.29, 0.717) is 29.5 Å². The van der Waals surface area contributed by atoms with Gasteiger partial charge in [-0.2, -0.15) is 0 Å². The fourth-order valence-electron chi connectivity index (χ4n) is 1.44. The van der Waals surface area contributed by atoms with Gasteiger partial charge in [0.05, 0.1) is 12.3 Å². The van der Waals surface area contributed by atoms with E-state index in [2.05, 4.69) is 5.32 Å². The van der Waals surface area contributed by atoms with Crippen molar-refractivity contribution in [3.05, 3.63) is 23.8 Å². The van der Waals surface area contributed by atoms with Crippen LogP contribution in [-0.4, -0.2) is 19.6 Å². The Morgan fingerprint density at radius 2 is 2.31 bits per heavy atom. The molecule has 0 spiro atoms. The highest BCUT2D eigenvalue weighted by Gasteiger charge is 2.22. The van der Waals surface area contributed by atoms with Crippen LogP contribution in [0.4, 0.5) is 5.69 Å². The van der Waals surface area contributed by atoms with Crippen molar-refractivity contribution >= 4 is 11.6 Å². The van der Waals surface area contributed by atoms with E-state index in [1.165, 1.54) is 12.8 Å². The second-order valence-electron chi connectivity index (χ2n) is 4.09. The summed E-state index contributed by atoms with van der Waals surface area (Å²) in [5.74, 6) is 1.15. The lowest BCUT2D eigenvalue weighted by atomic mass is 10.2. The van der Waals surface area contributed by atoms with Crippen LogP contribution >= 0.6 is 0 Å². The molecule has 0 heterocycles. The maximum atomic E-state index is 11.4. The Morgan fingerprint density at radius 3 is 2.94 bits per heavy atom. The normalized spacial score (nSPS) is 14.6. The van der Waals surface area contributed by atoms with Gasteiger partial charge in [0.2, 0.25) is 0 Å². The largest absolute Gasteiger partial charge is 0.491 e. The van der Waals surface area contributed by atoms with Crippen LogP contribution in [0.25, 0.3) is 0 Å². The van der Waals surface area contributed by atoms with Gasteiger partial charge >= 0.3 is 0 Å². The first-order valence-corrected chi connectivity index (χ1v) is 5.45. The quantitative estimate of drug-likeness (QED) is 0.754. The zero-order chi connectivity index (χ0) is 11.5. The highest BCUT2D eigenvalue weighted by Crippen LogP contribution is 2.31. The van der Waals surface area contributed by atoms with Gasteiger partial charge in [0.25, 0.3) is 5.91 Å². The predicted octanol–water partition coefficient (Wildman–Crippen LogP) is 1.42. The predicted molar refractivity (Wildman–Crippen MR) is 62.5 cm³/mol. The van der Waals surface area contributed by atoms with E-state index >= 15 is 0 Å². The van der Waals surface area contributed by atoms with E-state index in [1.54, 1.807) is 25.2 Å². The summed E-state index contributed by atoms with van der Waals surface area (Å²) in [5, 5.41) is 2.57. The number of hydrogen-bond acceptors (Lipinski definition) is 3. The fourth-order valence-corrected chi connectivity index (χ4v) is 1.44. The molecule has 0 radical (unpaired) electrons. The summed E-state index contributed by atoms with van der Waals surface area (Å²) in [6, 6.07) is 5.08. The molecule has 1 saturated carbocycles. The molecule has 86 valence electrons. The van der Waals surface area contributed by atoms with Crippen LogP contribution < -0.4 is 15.8 Å². The molecule has 1 aliphatic carbocycles. The lowest BCUT2D eigenvalue weighted by Gasteiger charge is -2.09. The lowest BCUT2D eigenvalue weighted by molar-refractivity contribution is 0.0962. The van der Waals surface area contributed by atoms with Gasteiger partial charge < -0.3 is 15.8 Å². The number of carbonyl (C=O) groups is 1. The molecule has 16 heavy (non-hydrogen) atoms. The minimum atomic E-state index is -0.128. The molecule has 2 rings (SSSR count). The van der Waals surface area contributed by atoms with Gasteiger partial charge in [-0.15, -0.1) is 0 Å². The summed E-state index contributed by atoms with van der Waals surface area (Å²) in [7, 11) is 1.60. The molecule has 0 saturated heterocycles. The standard InChI is InChI=1S/C12H16N2O2/c1-14-12(15)9-4-5-10(13)11(6-9)16-7-8-2-3-8/h4-6,8H,2-3,7,13H2,1H3,(H,14,15). The van der Waals surface area contributed by atoms with Crippen molar-refractivity contribution < 1.29 is 9.53 Å². The van der Waals surface area contributed by atoms with Gasteiger partial charge in [0, 0.05) is 12.6 Å². The van der Waals surface area contributed by atoms with Crippen molar-refractivity contribution in [2.45, 2.75) is 12.8 Å². The van der Waals surface area contributed by atoms with Crippen molar-refractivity contribution in [1.29, 1.82) is 0 Å². The van der Waals surface area contributed by atoms with Crippen molar-refractivity contribution in [1.82, 2.24) is 5.32 Å². The second kappa shape index (κ2) is 4.43. The van der Waals surface area contributed by atoms with Gasteiger partial charge in [-0.25, -0.2) is 0 Å². The molecule has 3 N–H and O–H groups in total. The molecule has 1 aliphatic rings. The number of nitrogens with two attached hydrogens (primary N) is 1. The van der Waals surface area contributed by atoms with E-state index in [9.17, 15) is 4.79 Å². The molecule has 4 heteroatoms. The smallest absolute Gasteiger partial charge is 0.251 e. The molecule has 0 aromatic heterocycles. The molecule has 1 aromatic carbocycles. The molecule has 0 aliphatic heterocycles. The maximum absolute atomic E-state index is 11.4. The Balaban J connectivity index is 2.11. The topological polar surface area (TPSA) is 64.4 Å². The summed E-state index contributed by atoms with van der Waals surface area (Å²) in [6.45, 7) is 0.696. The van der Waals surface area contributed by atoms with Gasteiger partial charge in [-0.3, -0.25) is 4.79 Å². The maximum Gasteiger partial charge on any atom is 0.251 e. The minimum absolute atomic E-state index is 0.128.